The SMILES string of the molecule is CCC[Si]1(C2=[C-]C(C)=CC2)CCC1.[C-]1=CC=CC1.[Cl-].[Cl-].[Ti+4]. The van der Waals surface area contributed by atoms with Crippen LogP contribution in [0.3, 0.4) is 0 Å². The molecule has 0 saturated carbocycles. The number of halogens is 2. The van der Waals surface area contributed by atoms with Gasteiger partial charge in [-0.1, -0.05) is 44.8 Å². The minimum absolute atomic E-state index is 0. The molecule has 0 nitrogen and oxygen atoms in total. The summed E-state index contributed by atoms with van der Waals surface area (Å²) in [5.41, 5.74) is 1.39. The Morgan fingerprint density at radius 3 is 2.24 bits per heavy atom. The van der Waals surface area contributed by atoms with Gasteiger partial charge in [0, 0.05) is 0 Å². The van der Waals surface area contributed by atoms with E-state index >= 15 is 0 Å². The van der Waals surface area contributed by atoms with Crippen molar-refractivity contribution in [2.75, 3.05) is 0 Å². The molecule has 21 heavy (non-hydrogen) atoms. The van der Waals surface area contributed by atoms with Crippen LogP contribution in [-0.4, -0.2) is 8.07 Å². The first kappa shape index (κ1) is 23.7. The molecule has 2 aliphatic carbocycles. The maximum atomic E-state index is 3.62. The molecule has 3 rings (SSSR count). The number of hydrogen-bond donors (Lipinski definition) is 0. The first-order valence-electron chi connectivity index (χ1n) is 7.29. The van der Waals surface area contributed by atoms with Crippen molar-refractivity contribution in [2.24, 2.45) is 0 Å². The monoisotopic (exact) mass is 374 g/mol. The Kier molecular flexibility index (Phi) is 13.5. The Morgan fingerprint density at radius 1 is 1.24 bits per heavy atom. The van der Waals surface area contributed by atoms with Gasteiger partial charge in [0.2, 0.25) is 0 Å². The summed E-state index contributed by atoms with van der Waals surface area (Å²) in [6.45, 7) is 4.53. The van der Waals surface area contributed by atoms with E-state index in [1.165, 1.54) is 30.9 Å². The first-order chi connectivity index (χ1) is 8.77. The second-order valence-corrected chi connectivity index (χ2v) is 10.2. The summed E-state index contributed by atoms with van der Waals surface area (Å²) in [7, 11) is -0.898. The van der Waals surface area contributed by atoms with E-state index in [9.17, 15) is 0 Å². The molecule has 1 fully saturated rings. The van der Waals surface area contributed by atoms with Gasteiger partial charge >= 0.3 is 21.7 Å². The summed E-state index contributed by atoms with van der Waals surface area (Å²) in [6.07, 6.45) is 20.1. The molecule has 1 saturated heterocycles. The largest absolute Gasteiger partial charge is 4.00 e. The Morgan fingerprint density at radius 2 is 1.95 bits per heavy atom. The molecule has 0 unspecified atom stereocenters. The van der Waals surface area contributed by atoms with Gasteiger partial charge in [0.1, 0.15) is 0 Å². The fourth-order valence-electron chi connectivity index (χ4n) is 3.07. The molecule has 1 aliphatic heterocycles. The van der Waals surface area contributed by atoms with Crippen LogP contribution in [0.15, 0.2) is 35.1 Å². The van der Waals surface area contributed by atoms with Crippen molar-refractivity contribution < 1.29 is 46.5 Å². The van der Waals surface area contributed by atoms with Gasteiger partial charge in [-0.15, -0.1) is 12.8 Å². The first-order valence-corrected chi connectivity index (χ1v) is 9.91. The van der Waals surface area contributed by atoms with Crippen molar-refractivity contribution in [3.05, 3.63) is 47.2 Å². The van der Waals surface area contributed by atoms with Gasteiger partial charge in [-0.05, 0) is 0 Å². The predicted molar refractivity (Wildman–Crippen MR) is 81.8 cm³/mol. The van der Waals surface area contributed by atoms with Gasteiger partial charge in [-0.25, -0.2) is 23.8 Å². The van der Waals surface area contributed by atoms with E-state index in [1.807, 2.05) is 12.2 Å². The summed E-state index contributed by atoms with van der Waals surface area (Å²) in [5, 5.41) is 1.75. The van der Waals surface area contributed by atoms with Crippen LogP contribution in [0.25, 0.3) is 0 Å². The van der Waals surface area contributed by atoms with Crippen LogP contribution < -0.4 is 24.8 Å². The molecule has 0 N–H and O–H groups in total. The number of allylic oxidation sites excluding steroid dienone is 8. The minimum Gasteiger partial charge on any atom is -1.00 e. The van der Waals surface area contributed by atoms with Gasteiger partial charge in [0.05, 0.1) is 8.07 Å². The molecule has 0 aromatic rings. The predicted octanol–water partition coefficient (Wildman–Crippen LogP) is -0.821. The summed E-state index contributed by atoms with van der Waals surface area (Å²) in [5.74, 6) is 0. The van der Waals surface area contributed by atoms with Crippen molar-refractivity contribution in [3.63, 3.8) is 0 Å². The van der Waals surface area contributed by atoms with E-state index in [-0.39, 0.29) is 46.5 Å². The van der Waals surface area contributed by atoms with Crippen LogP contribution in [0.5, 0.6) is 0 Å². The average Bonchev–Trinajstić information content (AvgIpc) is 2.97. The molecule has 0 radical (unpaired) electrons. The van der Waals surface area contributed by atoms with Gasteiger partial charge in [-0.2, -0.15) is 11.3 Å². The zero-order valence-electron chi connectivity index (χ0n) is 13.0. The molecule has 0 aromatic carbocycles. The molecular weight excluding hydrogens is 351 g/mol. The molecule has 1 heterocycles. The fourth-order valence-corrected chi connectivity index (χ4v) is 7.64. The second kappa shape index (κ2) is 12.0. The molecule has 0 atom stereocenters. The van der Waals surface area contributed by atoms with Crippen LogP contribution in [-0.2, 0) is 21.7 Å². The summed E-state index contributed by atoms with van der Waals surface area (Å²) in [4.78, 5) is 0. The molecule has 0 amide bonds. The second-order valence-electron chi connectivity index (χ2n) is 5.58. The van der Waals surface area contributed by atoms with Crippen LogP contribution >= 0.6 is 0 Å². The third kappa shape index (κ3) is 6.62. The molecule has 0 bridgehead atoms. The summed E-state index contributed by atoms with van der Waals surface area (Å²) in [6, 6.07) is 4.64. The Labute approximate surface area is 159 Å². The van der Waals surface area contributed by atoms with Gasteiger partial charge in [0.25, 0.3) is 0 Å². The quantitative estimate of drug-likeness (QED) is 0.447. The topological polar surface area (TPSA) is 0 Å². The maximum Gasteiger partial charge on any atom is 4.00 e. The molecule has 0 spiro atoms. The molecule has 3 aliphatic rings. The number of hydrogen-bond acceptors (Lipinski definition) is 0. The van der Waals surface area contributed by atoms with E-state index in [1.54, 1.807) is 17.3 Å². The average molecular weight is 375 g/mol. The van der Waals surface area contributed by atoms with Gasteiger partial charge in [-0.3, -0.25) is 12.2 Å². The van der Waals surface area contributed by atoms with Crippen LogP contribution in [0.1, 0.15) is 39.5 Å². The summed E-state index contributed by atoms with van der Waals surface area (Å²) < 4.78 is 0. The van der Waals surface area contributed by atoms with E-state index < -0.39 is 8.07 Å². The van der Waals surface area contributed by atoms with Crippen LogP contribution in [0.2, 0.25) is 18.1 Å². The van der Waals surface area contributed by atoms with Gasteiger partial charge < -0.3 is 24.8 Å². The Balaban J connectivity index is 0. The third-order valence-electron chi connectivity index (χ3n) is 4.23. The van der Waals surface area contributed by atoms with Crippen LogP contribution in [0, 0.1) is 12.2 Å². The fraction of sp³-hybridized carbons (Fsp3) is 0.529. The number of rotatable bonds is 3. The zero-order chi connectivity index (χ0) is 12.8. The smallest absolute Gasteiger partial charge is 1.00 e. The van der Waals surface area contributed by atoms with E-state index in [4.69, 9.17) is 0 Å². The molecule has 0 aromatic heterocycles. The molecule has 114 valence electrons. The third-order valence-corrected chi connectivity index (χ3v) is 9.91. The van der Waals surface area contributed by atoms with E-state index in [0.29, 0.717) is 0 Å². The zero-order valence-corrected chi connectivity index (χ0v) is 17.1. The van der Waals surface area contributed by atoms with Crippen molar-refractivity contribution in [3.8, 4) is 0 Å². The standard InChI is InChI=1S/C12H19Si.C5H5.2ClH.Ti/c1-3-7-13(8-4-9-13)12-6-5-11(2)10-12;1-2-4-5-3-1;;;/h5H,3-4,6-9H2,1-2H3;1-3H,4H2;2*1H;/q2*-1;;;+4/p-2. The van der Waals surface area contributed by atoms with Crippen LogP contribution in [0.4, 0.5) is 0 Å². The Bertz CT molecular complexity index is 397. The summed E-state index contributed by atoms with van der Waals surface area (Å²) >= 11 is 0. The molecular formula is C17H24Cl2SiTi. The minimum atomic E-state index is -0.898. The Hall–Kier alpha value is 0.471. The normalized spacial score (nSPS) is 19.7. The van der Waals surface area contributed by atoms with Crippen molar-refractivity contribution in [1.29, 1.82) is 0 Å². The van der Waals surface area contributed by atoms with Crippen molar-refractivity contribution in [1.82, 2.24) is 0 Å². The van der Waals surface area contributed by atoms with Gasteiger partial charge in [0.15, 0.2) is 0 Å². The maximum absolute atomic E-state index is 3.62. The van der Waals surface area contributed by atoms with Crippen molar-refractivity contribution >= 4 is 8.07 Å². The molecule has 4 heteroatoms. The van der Waals surface area contributed by atoms with E-state index in [2.05, 4.69) is 38.2 Å². The van der Waals surface area contributed by atoms with E-state index in [0.717, 1.165) is 6.42 Å². The van der Waals surface area contributed by atoms with Crippen molar-refractivity contribution in [2.45, 2.75) is 57.7 Å².